The Bertz CT molecular complexity index is 192. The molecular formula is C5H10O3S. The number of hydrogen-bond acceptors (Lipinski definition) is 3. The van der Waals surface area contributed by atoms with Gasteiger partial charge in [0.25, 0.3) is 0 Å². The molecule has 1 saturated heterocycles. The van der Waals surface area contributed by atoms with Gasteiger partial charge in [0.15, 0.2) is 9.84 Å². The minimum absolute atomic E-state index is 0.177. The minimum Gasteiger partial charge on any atom is -0.376 e. The van der Waals surface area contributed by atoms with E-state index in [1.165, 1.54) is 7.11 Å². The highest BCUT2D eigenvalue weighted by atomic mass is 32.2. The van der Waals surface area contributed by atoms with Gasteiger partial charge in [0.1, 0.15) is 0 Å². The van der Waals surface area contributed by atoms with Crippen molar-refractivity contribution in [3.05, 3.63) is 0 Å². The summed E-state index contributed by atoms with van der Waals surface area (Å²) in [5, 5.41) is 0. The van der Waals surface area contributed by atoms with Crippen molar-refractivity contribution in [3.8, 4) is 0 Å². The maximum atomic E-state index is 10.6. The molecule has 0 aromatic carbocycles. The van der Waals surface area contributed by atoms with Gasteiger partial charge in [0.05, 0.1) is 17.1 Å². The molecule has 0 saturated carbocycles. The highest BCUT2D eigenvalue weighted by molar-refractivity contribution is 7.93. The Morgan fingerprint density at radius 2 is 1.89 bits per heavy atom. The van der Waals surface area contributed by atoms with Gasteiger partial charge in [-0.15, -0.1) is 0 Å². The summed E-state index contributed by atoms with van der Waals surface area (Å²) in [5.41, 5.74) is -0.390. The number of ether oxygens (including phenoxy) is 1. The first-order valence-corrected chi connectivity index (χ1v) is 4.55. The molecule has 1 fully saturated rings. The quantitative estimate of drug-likeness (QED) is 0.521. The second-order valence-electron chi connectivity index (χ2n) is 2.69. The monoisotopic (exact) mass is 150 g/mol. The number of hydrogen-bond donors (Lipinski definition) is 0. The van der Waals surface area contributed by atoms with Gasteiger partial charge >= 0.3 is 0 Å². The second-order valence-corrected chi connectivity index (χ2v) is 4.75. The summed E-state index contributed by atoms with van der Waals surface area (Å²) in [6.45, 7) is 1.80. The Kier molecular flexibility index (Phi) is 1.33. The molecule has 0 unspecified atom stereocenters. The van der Waals surface area contributed by atoms with Crippen LogP contribution < -0.4 is 0 Å². The normalized spacial score (nSPS) is 29.1. The third-order valence-corrected chi connectivity index (χ3v) is 3.64. The minimum atomic E-state index is -2.73. The molecule has 0 aromatic heterocycles. The van der Waals surface area contributed by atoms with Crippen molar-refractivity contribution >= 4 is 9.84 Å². The molecule has 54 valence electrons. The van der Waals surface area contributed by atoms with E-state index >= 15 is 0 Å². The van der Waals surface area contributed by atoms with Gasteiger partial charge in [0.2, 0.25) is 0 Å². The molecule has 0 aliphatic carbocycles. The molecule has 0 amide bonds. The fraction of sp³-hybridized carbons (Fsp3) is 1.00. The van der Waals surface area contributed by atoms with Crippen LogP contribution in [0.5, 0.6) is 0 Å². The van der Waals surface area contributed by atoms with Crippen molar-refractivity contribution in [2.24, 2.45) is 0 Å². The van der Waals surface area contributed by atoms with Gasteiger partial charge in [-0.2, -0.15) is 0 Å². The van der Waals surface area contributed by atoms with Crippen LogP contribution in [-0.2, 0) is 14.6 Å². The van der Waals surface area contributed by atoms with Crippen LogP contribution in [0, 0.1) is 0 Å². The number of sulfone groups is 1. The van der Waals surface area contributed by atoms with Crippen molar-refractivity contribution in [2.75, 3.05) is 18.6 Å². The van der Waals surface area contributed by atoms with Gasteiger partial charge in [-0.3, -0.25) is 0 Å². The fourth-order valence-corrected chi connectivity index (χ4v) is 3.02. The number of rotatable bonds is 1. The van der Waals surface area contributed by atoms with Crippen LogP contribution in [0.4, 0.5) is 0 Å². The Morgan fingerprint density at radius 1 is 1.44 bits per heavy atom. The van der Waals surface area contributed by atoms with Crippen LogP contribution in [0.3, 0.4) is 0 Å². The smallest absolute Gasteiger partial charge is 0.156 e. The highest BCUT2D eigenvalue weighted by Crippen LogP contribution is 2.25. The molecule has 4 heteroatoms. The van der Waals surface area contributed by atoms with Gasteiger partial charge in [-0.1, -0.05) is 0 Å². The van der Waals surface area contributed by atoms with Crippen LogP contribution >= 0.6 is 0 Å². The fourth-order valence-electron chi connectivity index (χ4n) is 1.01. The van der Waals surface area contributed by atoms with E-state index in [1.807, 2.05) is 0 Å². The third kappa shape index (κ3) is 1.24. The number of methoxy groups -OCH3 is 1. The van der Waals surface area contributed by atoms with Gasteiger partial charge < -0.3 is 4.74 Å². The predicted molar refractivity (Wildman–Crippen MR) is 34.1 cm³/mol. The molecule has 3 nitrogen and oxygen atoms in total. The standard InChI is InChI=1S/C5H10O3S/c1-5(8-2)3-9(6,7)4-5/h3-4H2,1-2H3. The first kappa shape index (κ1) is 7.02. The SMILES string of the molecule is COC1(C)CS(=O)(=O)C1. The summed E-state index contributed by atoms with van der Waals surface area (Å²) in [5.74, 6) is 0.354. The van der Waals surface area contributed by atoms with Crippen LogP contribution in [-0.4, -0.2) is 32.6 Å². The Morgan fingerprint density at radius 3 is 2.00 bits per heavy atom. The lowest BCUT2D eigenvalue weighted by atomic mass is 10.2. The topological polar surface area (TPSA) is 43.4 Å². The molecule has 0 aromatic rings. The van der Waals surface area contributed by atoms with Crippen LogP contribution in [0.1, 0.15) is 6.92 Å². The van der Waals surface area contributed by atoms with E-state index in [2.05, 4.69) is 0 Å². The second kappa shape index (κ2) is 1.70. The van der Waals surface area contributed by atoms with E-state index in [9.17, 15) is 8.42 Å². The summed E-state index contributed by atoms with van der Waals surface area (Å²) in [7, 11) is -1.19. The molecule has 1 rings (SSSR count). The first-order valence-electron chi connectivity index (χ1n) is 2.73. The van der Waals surface area contributed by atoms with Crippen molar-refractivity contribution in [1.29, 1.82) is 0 Å². The van der Waals surface area contributed by atoms with E-state index in [4.69, 9.17) is 4.74 Å². The van der Waals surface area contributed by atoms with E-state index in [-0.39, 0.29) is 11.5 Å². The summed E-state index contributed by atoms with van der Waals surface area (Å²) in [4.78, 5) is 0. The summed E-state index contributed by atoms with van der Waals surface area (Å²) in [6, 6.07) is 0. The summed E-state index contributed by atoms with van der Waals surface area (Å²) < 4.78 is 26.1. The molecule has 0 N–H and O–H groups in total. The third-order valence-electron chi connectivity index (χ3n) is 1.54. The zero-order chi connectivity index (χ0) is 7.12. The average Bonchev–Trinajstić information content (AvgIpc) is 1.61. The molecule has 9 heavy (non-hydrogen) atoms. The van der Waals surface area contributed by atoms with E-state index in [0.717, 1.165) is 0 Å². The molecule has 1 heterocycles. The Hall–Kier alpha value is -0.0900. The van der Waals surface area contributed by atoms with Crippen molar-refractivity contribution in [3.63, 3.8) is 0 Å². The van der Waals surface area contributed by atoms with Crippen LogP contribution in [0.25, 0.3) is 0 Å². The van der Waals surface area contributed by atoms with Crippen molar-refractivity contribution < 1.29 is 13.2 Å². The molecule has 0 bridgehead atoms. The highest BCUT2D eigenvalue weighted by Gasteiger charge is 2.44. The average molecular weight is 150 g/mol. The zero-order valence-corrected chi connectivity index (χ0v) is 6.36. The largest absolute Gasteiger partial charge is 0.376 e. The molecule has 0 atom stereocenters. The molecule has 0 spiro atoms. The van der Waals surface area contributed by atoms with Crippen molar-refractivity contribution in [1.82, 2.24) is 0 Å². The summed E-state index contributed by atoms with van der Waals surface area (Å²) in [6.07, 6.45) is 0. The van der Waals surface area contributed by atoms with E-state index in [1.54, 1.807) is 6.92 Å². The Labute approximate surface area is 54.9 Å². The Balaban J connectivity index is 2.61. The summed E-state index contributed by atoms with van der Waals surface area (Å²) >= 11 is 0. The lowest BCUT2D eigenvalue weighted by Gasteiger charge is -2.35. The van der Waals surface area contributed by atoms with Crippen LogP contribution in [0.2, 0.25) is 0 Å². The maximum absolute atomic E-state index is 10.6. The molecule has 1 aliphatic heterocycles. The predicted octanol–water partition coefficient (Wildman–Crippen LogP) is -0.180. The lowest BCUT2D eigenvalue weighted by molar-refractivity contribution is 0.0327. The zero-order valence-electron chi connectivity index (χ0n) is 5.55. The van der Waals surface area contributed by atoms with E-state index in [0.29, 0.717) is 0 Å². The van der Waals surface area contributed by atoms with Crippen molar-refractivity contribution in [2.45, 2.75) is 12.5 Å². The maximum Gasteiger partial charge on any atom is 0.156 e. The lowest BCUT2D eigenvalue weighted by Crippen LogP contribution is -2.53. The van der Waals surface area contributed by atoms with Crippen LogP contribution in [0.15, 0.2) is 0 Å². The molecule has 0 radical (unpaired) electrons. The molecular weight excluding hydrogens is 140 g/mol. The molecule has 1 aliphatic rings. The first-order chi connectivity index (χ1) is 3.97. The van der Waals surface area contributed by atoms with E-state index < -0.39 is 15.4 Å². The van der Waals surface area contributed by atoms with Gasteiger partial charge in [-0.05, 0) is 6.92 Å². The van der Waals surface area contributed by atoms with Gasteiger partial charge in [-0.25, -0.2) is 8.42 Å². The van der Waals surface area contributed by atoms with Gasteiger partial charge in [0, 0.05) is 7.11 Å².